The number of rotatable bonds is 4. The molecular formula is C22H19ClN2O. The number of hydrogen-bond donors (Lipinski definition) is 0. The van der Waals surface area contributed by atoms with Crippen molar-refractivity contribution in [2.24, 2.45) is 0 Å². The van der Waals surface area contributed by atoms with Gasteiger partial charge in [0.2, 0.25) is 0 Å². The fourth-order valence-electron chi connectivity index (χ4n) is 3.01. The van der Waals surface area contributed by atoms with Crippen LogP contribution in [0.4, 0.5) is 0 Å². The smallest absolute Gasteiger partial charge is 0.137 e. The van der Waals surface area contributed by atoms with E-state index >= 15 is 0 Å². The van der Waals surface area contributed by atoms with E-state index in [-0.39, 0.29) is 6.10 Å². The molecule has 4 heteroatoms. The largest absolute Gasteiger partial charge is 0.486 e. The first-order chi connectivity index (χ1) is 12.6. The quantitative estimate of drug-likeness (QED) is 0.438. The first kappa shape index (κ1) is 16.7. The van der Waals surface area contributed by atoms with Gasteiger partial charge in [0.15, 0.2) is 0 Å². The van der Waals surface area contributed by atoms with Crippen LogP contribution in [0.3, 0.4) is 0 Å². The fourth-order valence-corrected chi connectivity index (χ4v) is 3.13. The Balaban J connectivity index is 1.58. The Labute approximate surface area is 157 Å². The number of aryl methyl sites for hydroxylation is 1. The molecule has 0 radical (unpaired) electrons. The number of imidazole rings is 1. The lowest BCUT2D eigenvalue weighted by atomic mass is 10.1. The summed E-state index contributed by atoms with van der Waals surface area (Å²) in [5, 5.41) is 0.730. The Bertz CT molecular complexity index is 1020. The number of hydrogen-bond acceptors (Lipinski definition) is 2. The minimum absolute atomic E-state index is 0.0491. The molecule has 2 aromatic heterocycles. The highest BCUT2D eigenvalue weighted by Crippen LogP contribution is 2.29. The zero-order valence-electron chi connectivity index (χ0n) is 14.7. The van der Waals surface area contributed by atoms with E-state index in [0.717, 1.165) is 38.8 Å². The molecule has 0 aliphatic heterocycles. The van der Waals surface area contributed by atoms with Gasteiger partial charge in [0.25, 0.3) is 0 Å². The van der Waals surface area contributed by atoms with Crippen LogP contribution in [0.5, 0.6) is 5.75 Å². The first-order valence-corrected chi connectivity index (χ1v) is 8.95. The predicted molar refractivity (Wildman–Crippen MR) is 106 cm³/mol. The van der Waals surface area contributed by atoms with Gasteiger partial charge in [0.05, 0.1) is 5.69 Å². The second-order valence-corrected chi connectivity index (χ2v) is 6.82. The van der Waals surface area contributed by atoms with E-state index in [0.29, 0.717) is 0 Å². The van der Waals surface area contributed by atoms with E-state index in [1.54, 1.807) is 0 Å². The van der Waals surface area contributed by atoms with Gasteiger partial charge >= 0.3 is 0 Å². The predicted octanol–water partition coefficient (Wildman–Crippen LogP) is 6.10. The molecule has 3 nitrogen and oxygen atoms in total. The van der Waals surface area contributed by atoms with Gasteiger partial charge in [-0.1, -0.05) is 29.8 Å². The molecule has 2 aromatic carbocycles. The second-order valence-electron chi connectivity index (χ2n) is 6.38. The molecule has 4 aromatic rings. The number of nitrogens with zero attached hydrogens (tertiary/aromatic N) is 2. The summed E-state index contributed by atoms with van der Waals surface area (Å²) in [6, 6.07) is 19.9. The maximum Gasteiger partial charge on any atom is 0.137 e. The van der Waals surface area contributed by atoms with Crippen LogP contribution < -0.4 is 4.74 Å². The molecule has 0 aliphatic rings. The molecule has 0 fully saturated rings. The van der Waals surface area contributed by atoms with Crippen LogP contribution in [0.15, 0.2) is 73.1 Å². The lowest BCUT2D eigenvalue weighted by molar-refractivity contribution is 0.225. The van der Waals surface area contributed by atoms with Crippen LogP contribution in [0.25, 0.3) is 16.9 Å². The van der Waals surface area contributed by atoms with Gasteiger partial charge in [-0.05, 0) is 67.4 Å². The van der Waals surface area contributed by atoms with Crippen LogP contribution in [0.2, 0.25) is 5.02 Å². The van der Waals surface area contributed by atoms with Crippen LogP contribution >= 0.6 is 11.6 Å². The van der Waals surface area contributed by atoms with E-state index < -0.39 is 0 Å². The van der Waals surface area contributed by atoms with E-state index in [2.05, 4.69) is 24.0 Å². The van der Waals surface area contributed by atoms with Crippen molar-refractivity contribution in [2.45, 2.75) is 20.0 Å². The van der Waals surface area contributed by atoms with Gasteiger partial charge in [-0.3, -0.25) is 0 Å². The average molecular weight is 363 g/mol. The van der Waals surface area contributed by atoms with E-state index in [1.807, 2.05) is 72.2 Å². The fraction of sp³-hybridized carbons (Fsp3) is 0.136. The molecule has 0 spiro atoms. The van der Waals surface area contributed by atoms with Crippen molar-refractivity contribution >= 4 is 17.2 Å². The molecule has 0 amide bonds. The topological polar surface area (TPSA) is 26.5 Å². The molecule has 1 unspecified atom stereocenters. The van der Waals surface area contributed by atoms with Crippen molar-refractivity contribution in [3.05, 3.63) is 89.2 Å². The Morgan fingerprint density at radius 2 is 1.85 bits per heavy atom. The molecule has 0 saturated carbocycles. The summed E-state index contributed by atoms with van der Waals surface area (Å²) < 4.78 is 8.18. The molecule has 26 heavy (non-hydrogen) atoms. The van der Waals surface area contributed by atoms with Crippen LogP contribution in [-0.4, -0.2) is 9.38 Å². The number of aromatic nitrogens is 2. The molecule has 0 saturated heterocycles. The minimum Gasteiger partial charge on any atom is -0.486 e. The number of pyridine rings is 1. The van der Waals surface area contributed by atoms with Crippen LogP contribution in [-0.2, 0) is 0 Å². The van der Waals surface area contributed by atoms with Crippen molar-refractivity contribution < 1.29 is 4.74 Å². The van der Waals surface area contributed by atoms with Crippen LogP contribution in [0, 0.1) is 6.92 Å². The highest BCUT2D eigenvalue weighted by atomic mass is 35.5. The van der Waals surface area contributed by atoms with E-state index in [1.165, 1.54) is 0 Å². The highest BCUT2D eigenvalue weighted by Gasteiger charge is 2.11. The summed E-state index contributed by atoms with van der Waals surface area (Å²) in [6.07, 6.45) is 4.00. The first-order valence-electron chi connectivity index (χ1n) is 8.57. The summed E-state index contributed by atoms with van der Waals surface area (Å²) in [6.45, 7) is 4.10. The maximum absolute atomic E-state index is 6.15. The Hall–Kier alpha value is -2.78. The molecule has 4 rings (SSSR count). The summed E-state index contributed by atoms with van der Waals surface area (Å²) in [5.74, 6) is 0.875. The summed E-state index contributed by atoms with van der Waals surface area (Å²) in [5.41, 5.74) is 5.16. The van der Waals surface area contributed by atoms with Crippen molar-refractivity contribution in [1.29, 1.82) is 0 Å². The number of fused-ring (bicyclic) bond motifs is 1. The summed E-state index contributed by atoms with van der Waals surface area (Å²) >= 11 is 5.96. The molecule has 1 atom stereocenters. The van der Waals surface area contributed by atoms with E-state index in [4.69, 9.17) is 16.3 Å². The molecular weight excluding hydrogens is 344 g/mol. The Morgan fingerprint density at radius 1 is 1.04 bits per heavy atom. The second kappa shape index (κ2) is 6.85. The summed E-state index contributed by atoms with van der Waals surface area (Å²) in [4.78, 5) is 4.68. The Morgan fingerprint density at radius 3 is 2.58 bits per heavy atom. The monoisotopic (exact) mass is 362 g/mol. The zero-order valence-corrected chi connectivity index (χ0v) is 15.4. The number of benzene rings is 2. The standard InChI is InChI=1S/C22H19ClN2O/c1-15-13-18(20-14-25-12-4-3-5-22(25)24-20)8-11-21(15)26-16(2)17-6-9-19(23)10-7-17/h3-14,16H,1-2H3. The molecule has 2 heterocycles. The molecule has 0 aliphatic carbocycles. The van der Waals surface area contributed by atoms with Gasteiger partial charge < -0.3 is 9.14 Å². The number of ether oxygens (including phenoxy) is 1. The third-order valence-corrected chi connectivity index (χ3v) is 4.73. The Kier molecular flexibility index (Phi) is 4.39. The maximum atomic E-state index is 6.15. The van der Waals surface area contributed by atoms with Crippen LogP contribution in [0.1, 0.15) is 24.2 Å². The van der Waals surface area contributed by atoms with Gasteiger partial charge in [0, 0.05) is 23.0 Å². The number of halogens is 1. The van der Waals surface area contributed by atoms with E-state index in [9.17, 15) is 0 Å². The third kappa shape index (κ3) is 3.31. The van der Waals surface area contributed by atoms with Gasteiger partial charge in [-0.25, -0.2) is 4.98 Å². The normalized spacial score (nSPS) is 12.3. The van der Waals surface area contributed by atoms with Crippen molar-refractivity contribution in [3.63, 3.8) is 0 Å². The minimum atomic E-state index is -0.0491. The van der Waals surface area contributed by atoms with Gasteiger partial charge in [-0.15, -0.1) is 0 Å². The third-order valence-electron chi connectivity index (χ3n) is 4.48. The SMILES string of the molecule is Cc1cc(-c2cn3ccccc3n2)ccc1OC(C)c1ccc(Cl)cc1. The van der Waals surface area contributed by atoms with Crippen molar-refractivity contribution in [2.75, 3.05) is 0 Å². The van der Waals surface area contributed by atoms with Crippen molar-refractivity contribution in [1.82, 2.24) is 9.38 Å². The van der Waals surface area contributed by atoms with Gasteiger partial charge in [-0.2, -0.15) is 0 Å². The lowest BCUT2D eigenvalue weighted by Gasteiger charge is -2.17. The lowest BCUT2D eigenvalue weighted by Crippen LogP contribution is -2.04. The van der Waals surface area contributed by atoms with Crippen molar-refractivity contribution in [3.8, 4) is 17.0 Å². The highest BCUT2D eigenvalue weighted by molar-refractivity contribution is 6.30. The summed E-state index contributed by atoms with van der Waals surface area (Å²) in [7, 11) is 0. The zero-order chi connectivity index (χ0) is 18.1. The molecule has 130 valence electrons. The van der Waals surface area contributed by atoms with Gasteiger partial charge in [0.1, 0.15) is 17.5 Å². The molecule has 0 bridgehead atoms. The molecule has 0 N–H and O–H groups in total. The average Bonchev–Trinajstić information content (AvgIpc) is 3.08.